The minimum atomic E-state index is 0.330. The summed E-state index contributed by atoms with van der Waals surface area (Å²) >= 11 is 5.27. The fourth-order valence-corrected chi connectivity index (χ4v) is 3.39. The Morgan fingerprint density at radius 1 is 1.50 bits per heavy atom. The summed E-state index contributed by atoms with van der Waals surface area (Å²) < 4.78 is 3.15. The highest BCUT2D eigenvalue weighted by Crippen LogP contribution is 2.27. The first-order valence-electron chi connectivity index (χ1n) is 6.05. The van der Waals surface area contributed by atoms with Crippen LogP contribution in [0.4, 0.5) is 0 Å². The second-order valence-electron chi connectivity index (χ2n) is 4.59. The number of thiophene rings is 1. The predicted molar refractivity (Wildman–Crippen MR) is 80.1 cm³/mol. The van der Waals surface area contributed by atoms with E-state index >= 15 is 0 Å². The maximum atomic E-state index is 4.60. The summed E-state index contributed by atoms with van der Waals surface area (Å²) in [7, 11) is 2.00. The Hall–Kier alpha value is -0.650. The average Bonchev–Trinajstić information content (AvgIpc) is 2.94. The fraction of sp³-hybridized carbons (Fsp3) is 0.462. The lowest BCUT2D eigenvalue weighted by molar-refractivity contribution is 0.516. The number of likely N-dealkylation sites (N-methyl/N-ethyl adjacent to an activating group) is 1. The summed E-state index contributed by atoms with van der Waals surface area (Å²) in [5, 5.41) is 10.1. The van der Waals surface area contributed by atoms with Gasteiger partial charge in [-0.2, -0.15) is 5.10 Å². The summed E-state index contributed by atoms with van der Waals surface area (Å²) in [5.41, 5.74) is 1.13. The van der Waals surface area contributed by atoms with Crippen molar-refractivity contribution < 1.29 is 0 Å². The van der Waals surface area contributed by atoms with E-state index < -0.39 is 0 Å². The molecule has 18 heavy (non-hydrogen) atoms. The highest BCUT2D eigenvalue weighted by molar-refractivity contribution is 9.10. The molecule has 2 heterocycles. The molecule has 0 saturated carbocycles. The van der Waals surface area contributed by atoms with Crippen molar-refractivity contribution in [1.29, 1.82) is 0 Å². The highest BCUT2D eigenvalue weighted by atomic mass is 79.9. The number of nitrogens with one attached hydrogen (secondary N) is 1. The van der Waals surface area contributed by atoms with Crippen LogP contribution in [-0.4, -0.2) is 16.8 Å². The van der Waals surface area contributed by atoms with E-state index in [1.165, 1.54) is 4.88 Å². The maximum Gasteiger partial charge on any atom is 0.0644 e. The van der Waals surface area contributed by atoms with Gasteiger partial charge in [0.05, 0.1) is 5.69 Å². The van der Waals surface area contributed by atoms with E-state index in [9.17, 15) is 0 Å². The van der Waals surface area contributed by atoms with E-state index in [4.69, 9.17) is 0 Å². The molecule has 98 valence electrons. The number of rotatable bonds is 5. The van der Waals surface area contributed by atoms with Gasteiger partial charge in [0.25, 0.3) is 0 Å². The Kier molecular flexibility index (Phi) is 4.59. The third kappa shape index (κ3) is 3.22. The van der Waals surface area contributed by atoms with Gasteiger partial charge >= 0.3 is 0 Å². The summed E-state index contributed by atoms with van der Waals surface area (Å²) in [6, 6.07) is 5.03. The number of halogens is 1. The molecule has 2 aromatic rings. The topological polar surface area (TPSA) is 29.9 Å². The van der Waals surface area contributed by atoms with E-state index in [2.05, 4.69) is 63.9 Å². The fourth-order valence-electron chi connectivity index (χ4n) is 1.84. The van der Waals surface area contributed by atoms with Crippen molar-refractivity contribution in [3.05, 3.63) is 38.8 Å². The van der Waals surface area contributed by atoms with Crippen molar-refractivity contribution in [3.63, 3.8) is 0 Å². The molecule has 1 atom stereocenters. The molecular weight excluding hydrogens is 310 g/mol. The van der Waals surface area contributed by atoms with Crippen LogP contribution < -0.4 is 5.32 Å². The third-order valence-corrected chi connectivity index (χ3v) is 4.69. The molecule has 0 aromatic carbocycles. The Labute approximate surface area is 120 Å². The zero-order chi connectivity index (χ0) is 13.1. The molecule has 0 bridgehead atoms. The van der Waals surface area contributed by atoms with E-state index in [0.717, 1.165) is 16.6 Å². The maximum absolute atomic E-state index is 4.60. The Bertz CT molecular complexity index is 504. The smallest absolute Gasteiger partial charge is 0.0644 e. The first-order valence-corrected chi connectivity index (χ1v) is 7.72. The predicted octanol–water partition coefficient (Wildman–Crippen LogP) is 3.79. The van der Waals surface area contributed by atoms with Crippen LogP contribution in [0.15, 0.2) is 28.2 Å². The van der Waals surface area contributed by atoms with Crippen LogP contribution in [0.3, 0.4) is 0 Å². The van der Waals surface area contributed by atoms with Crippen molar-refractivity contribution >= 4 is 27.3 Å². The summed E-state index contributed by atoms with van der Waals surface area (Å²) in [6.45, 7) is 4.28. The molecule has 1 unspecified atom stereocenters. The quantitative estimate of drug-likeness (QED) is 0.905. The number of aromatic nitrogens is 2. The van der Waals surface area contributed by atoms with Gasteiger partial charge < -0.3 is 5.32 Å². The van der Waals surface area contributed by atoms with Gasteiger partial charge in [0.15, 0.2) is 0 Å². The molecule has 5 heteroatoms. The lowest BCUT2D eigenvalue weighted by Gasteiger charge is -2.13. The molecule has 0 aliphatic carbocycles. The molecular formula is C13H18BrN3S. The molecule has 0 amide bonds. The zero-order valence-corrected chi connectivity index (χ0v) is 13.3. The second kappa shape index (κ2) is 5.99. The van der Waals surface area contributed by atoms with Gasteiger partial charge in [0.1, 0.15) is 0 Å². The Balaban J connectivity index is 2.10. The van der Waals surface area contributed by atoms with Crippen molar-refractivity contribution in [2.75, 3.05) is 7.05 Å². The van der Waals surface area contributed by atoms with Crippen LogP contribution in [0, 0.1) is 0 Å². The van der Waals surface area contributed by atoms with Gasteiger partial charge in [0.2, 0.25) is 0 Å². The first-order chi connectivity index (χ1) is 8.60. The molecule has 0 fully saturated rings. The largest absolute Gasteiger partial charge is 0.312 e. The molecule has 0 spiro atoms. The van der Waals surface area contributed by atoms with Crippen LogP contribution in [-0.2, 0) is 6.42 Å². The van der Waals surface area contributed by atoms with Crippen molar-refractivity contribution in [2.45, 2.75) is 32.4 Å². The number of nitrogens with zero attached hydrogens (tertiary/aromatic N) is 2. The van der Waals surface area contributed by atoms with Crippen LogP contribution in [0.25, 0.3) is 0 Å². The van der Waals surface area contributed by atoms with Gasteiger partial charge in [-0.15, -0.1) is 11.3 Å². The molecule has 1 N–H and O–H groups in total. The second-order valence-corrected chi connectivity index (χ2v) is 6.45. The zero-order valence-electron chi connectivity index (χ0n) is 10.9. The molecule has 0 aliphatic heterocycles. The van der Waals surface area contributed by atoms with Gasteiger partial charge in [-0.1, -0.05) is 0 Å². The van der Waals surface area contributed by atoms with Crippen LogP contribution in [0.5, 0.6) is 0 Å². The SMILES string of the molecule is CNC(Cc1ccn(C(C)C)n1)c1cc(Br)cs1. The van der Waals surface area contributed by atoms with Gasteiger partial charge in [0, 0.05) is 39.4 Å². The average molecular weight is 328 g/mol. The van der Waals surface area contributed by atoms with Crippen molar-refractivity contribution in [2.24, 2.45) is 0 Å². The van der Waals surface area contributed by atoms with E-state index in [0.29, 0.717) is 12.1 Å². The molecule has 2 aromatic heterocycles. The van der Waals surface area contributed by atoms with Crippen LogP contribution >= 0.6 is 27.3 Å². The number of hydrogen-bond donors (Lipinski definition) is 1. The van der Waals surface area contributed by atoms with Crippen LogP contribution in [0.2, 0.25) is 0 Å². The molecule has 0 radical (unpaired) electrons. The van der Waals surface area contributed by atoms with Crippen LogP contribution in [0.1, 0.15) is 36.5 Å². The van der Waals surface area contributed by atoms with E-state index in [-0.39, 0.29) is 0 Å². The summed E-state index contributed by atoms with van der Waals surface area (Å²) in [6.07, 6.45) is 2.97. The van der Waals surface area contributed by atoms with Gasteiger partial charge in [-0.3, -0.25) is 4.68 Å². The number of hydrogen-bond acceptors (Lipinski definition) is 3. The minimum Gasteiger partial charge on any atom is -0.312 e. The van der Waals surface area contributed by atoms with E-state index in [1.54, 1.807) is 11.3 Å². The van der Waals surface area contributed by atoms with Gasteiger partial charge in [-0.25, -0.2) is 0 Å². The molecule has 2 rings (SSSR count). The monoisotopic (exact) mass is 327 g/mol. The molecule has 0 saturated heterocycles. The first kappa shape index (κ1) is 13.8. The summed E-state index contributed by atoms with van der Waals surface area (Å²) in [4.78, 5) is 1.34. The molecule has 3 nitrogen and oxygen atoms in total. The standard InChI is InChI=1S/C13H18BrN3S/c1-9(2)17-5-4-11(16-17)7-12(15-3)13-6-10(14)8-18-13/h4-6,8-9,12,15H,7H2,1-3H3. The van der Waals surface area contributed by atoms with Crippen molar-refractivity contribution in [1.82, 2.24) is 15.1 Å². The lowest BCUT2D eigenvalue weighted by atomic mass is 10.1. The molecule has 0 aliphatic rings. The minimum absolute atomic E-state index is 0.330. The Morgan fingerprint density at radius 2 is 2.28 bits per heavy atom. The van der Waals surface area contributed by atoms with Crippen molar-refractivity contribution in [3.8, 4) is 0 Å². The third-order valence-electron chi connectivity index (χ3n) is 2.89. The van der Waals surface area contributed by atoms with E-state index in [1.807, 2.05) is 11.7 Å². The summed E-state index contributed by atoms with van der Waals surface area (Å²) in [5.74, 6) is 0. The lowest BCUT2D eigenvalue weighted by Crippen LogP contribution is -2.18. The van der Waals surface area contributed by atoms with Gasteiger partial charge in [-0.05, 0) is 49.0 Å². The normalized spacial score (nSPS) is 13.2. The Morgan fingerprint density at radius 3 is 2.78 bits per heavy atom. The highest BCUT2D eigenvalue weighted by Gasteiger charge is 2.14.